The molecule has 0 radical (unpaired) electrons. The largest absolute Gasteiger partial charge is 0.478 e. The standard InChI is InChI=1S/C11H10ClNO4/c1-6(7(2)11(14)15)10-8(12)4-3-5-9(10)13(16)17/h3-6H,2H2,1H3,(H,14,15). The third-order valence-electron chi connectivity index (χ3n) is 2.46. The van der Waals surface area contributed by atoms with Gasteiger partial charge in [0, 0.05) is 17.6 Å². The first-order valence-corrected chi connectivity index (χ1v) is 5.09. The van der Waals surface area contributed by atoms with E-state index in [0.717, 1.165) is 0 Å². The molecule has 1 N–H and O–H groups in total. The molecule has 6 heteroatoms. The molecular weight excluding hydrogens is 246 g/mol. The SMILES string of the molecule is C=C(C(=O)O)C(C)c1c(Cl)cccc1[N+](=O)[O-]. The van der Waals surface area contributed by atoms with E-state index in [1.54, 1.807) is 0 Å². The van der Waals surface area contributed by atoms with Crippen molar-refractivity contribution < 1.29 is 14.8 Å². The molecule has 0 bridgehead atoms. The Morgan fingerprint density at radius 1 is 1.59 bits per heavy atom. The number of benzene rings is 1. The molecule has 5 nitrogen and oxygen atoms in total. The molecule has 0 aliphatic rings. The number of carbonyl (C=O) groups is 1. The highest BCUT2D eigenvalue weighted by atomic mass is 35.5. The monoisotopic (exact) mass is 255 g/mol. The number of hydrogen-bond donors (Lipinski definition) is 1. The molecule has 0 aliphatic carbocycles. The smallest absolute Gasteiger partial charge is 0.331 e. The number of carboxylic acids is 1. The van der Waals surface area contributed by atoms with Crippen LogP contribution < -0.4 is 0 Å². The van der Waals surface area contributed by atoms with E-state index in [0.29, 0.717) is 0 Å². The van der Waals surface area contributed by atoms with Gasteiger partial charge in [-0.3, -0.25) is 10.1 Å². The van der Waals surface area contributed by atoms with E-state index < -0.39 is 16.8 Å². The summed E-state index contributed by atoms with van der Waals surface area (Å²) in [6.07, 6.45) is 0. The van der Waals surface area contributed by atoms with Crippen LogP contribution in [0.1, 0.15) is 18.4 Å². The third-order valence-corrected chi connectivity index (χ3v) is 2.79. The molecule has 0 fully saturated rings. The van der Waals surface area contributed by atoms with Crippen LogP contribution in [0.3, 0.4) is 0 Å². The van der Waals surface area contributed by atoms with Gasteiger partial charge in [0.2, 0.25) is 0 Å². The van der Waals surface area contributed by atoms with E-state index in [9.17, 15) is 14.9 Å². The van der Waals surface area contributed by atoms with Crippen LogP contribution in [0.25, 0.3) is 0 Å². The van der Waals surface area contributed by atoms with E-state index >= 15 is 0 Å². The van der Waals surface area contributed by atoms with Gasteiger partial charge in [-0.15, -0.1) is 0 Å². The molecule has 0 saturated heterocycles. The number of aliphatic carboxylic acids is 1. The summed E-state index contributed by atoms with van der Waals surface area (Å²) in [6, 6.07) is 4.21. The van der Waals surface area contributed by atoms with Gasteiger partial charge < -0.3 is 5.11 Å². The highest BCUT2D eigenvalue weighted by Crippen LogP contribution is 2.36. The molecule has 0 spiro atoms. The normalized spacial score (nSPS) is 11.9. The average Bonchev–Trinajstić information content (AvgIpc) is 2.26. The highest BCUT2D eigenvalue weighted by molar-refractivity contribution is 6.31. The maximum atomic E-state index is 10.8. The first-order valence-electron chi connectivity index (χ1n) is 4.71. The summed E-state index contributed by atoms with van der Waals surface area (Å²) >= 11 is 5.88. The molecule has 0 heterocycles. The van der Waals surface area contributed by atoms with Gasteiger partial charge in [0.1, 0.15) is 0 Å². The first-order chi connectivity index (χ1) is 7.86. The first kappa shape index (κ1) is 13.2. The second kappa shape index (κ2) is 4.97. The Hall–Kier alpha value is -1.88. The summed E-state index contributed by atoms with van der Waals surface area (Å²) in [4.78, 5) is 21.0. The molecule has 1 aromatic rings. The summed E-state index contributed by atoms with van der Waals surface area (Å²) in [5.41, 5.74) is -0.167. The van der Waals surface area contributed by atoms with Gasteiger partial charge in [-0.05, 0) is 6.07 Å². The quantitative estimate of drug-likeness (QED) is 0.509. The van der Waals surface area contributed by atoms with E-state index in [1.807, 2.05) is 0 Å². The van der Waals surface area contributed by atoms with Crippen LogP contribution >= 0.6 is 11.6 Å². The third kappa shape index (κ3) is 2.62. The summed E-state index contributed by atoms with van der Waals surface area (Å²) in [6.45, 7) is 4.91. The van der Waals surface area contributed by atoms with Gasteiger partial charge in [0.05, 0.1) is 15.5 Å². The van der Waals surface area contributed by atoms with Crippen LogP contribution in [0.4, 0.5) is 5.69 Å². The van der Waals surface area contributed by atoms with Gasteiger partial charge in [-0.2, -0.15) is 0 Å². The van der Waals surface area contributed by atoms with Crippen LogP contribution in [0.5, 0.6) is 0 Å². The molecule has 1 unspecified atom stereocenters. The Labute approximate surface area is 102 Å². The number of rotatable bonds is 4. The van der Waals surface area contributed by atoms with Crippen molar-refractivity contribution in [3.8, 4) is 0 Å². The topological polar surface area (TPSA) is 80.4 Å². The van der Waals surface area contributed by atoms with Crippen LogP contribution in [0.15, 0.2) is 30.4 Å². The lowest BCUT2D eigenvalue weighted by molar-refractivity contribution is -0.385. The van der Waals surface area contributed by atoms with Crippen LogP contribution in [0.2, 0.25) is 5.02 Å². The minimum atomic E-state index is -1.20. The molecule has 17 heavy (non-hydrogen) atoms. The van der Waals surface area contributed by atoms with Gasteiger partial charge in [0.15, 0.2) is 0 Å². The van der Waals surface area contributed by atoms with Crippen molar-refractivity contribution in [3.63, 3.8) is 0 Å². The molecule has 0 aliphatic heterocycles. The molecule has 90 valence electrons. The Morgan fingerprint density at radius 3 is 2.65 bits per heavy atom. The zero-order valence-electron chi connectivity index (χ0n) is 9.01. The minimum absolute atomic E-state index is 0.138. The molecule has 0 aromatic heterocycles. The van der Waals surface area contributed by atoms with Gasteiger partial charge in [-0.1, -0.05) is 31.2 Å². The number of nitro groups is 1. The van der Waals surface area contributed by atoms with Crippen molar-refractivity contribution in [1.82, 2.24) is 0 Å². The Balaban J connectivity index is 3.34. The van der Waals surface area contributed by atoms with E-state index in [4.69, 9.17) is 16.7 Å². The lowest BCUT2D eigenvalue weighted by Crippen LogP contribution is -2.09. The van der Waals surface area contributed by atoms with E-state index in [2.05, 4.69) is 6.58 Å². The molecular formula is C11H10ClNO4. The number of nitrogens with zero attached hydrogens (tertiary/aromatic N) is 1. The second-order valence-electron chi connectivity index (χ2n) is 3.48. The lowest BCUT2D eigenvalue weighted by Gasteiger charge is -2.13. The van der Waals surface area contributed by atoms with E-state index in [-0.39, 0.29) is 21.8 Å². The average molecular weight is 256 g/mol. The fraction of sp³-hybridized carbons (Fsp3) is 0.182. The van der Waals surface area contributed by atoms with E-state index in [1.165, 1.54) is 25.1 Å². The Bertz CT molecular complexity index is 498. The fourth-order valence-electron chi connectivity index (χ4n) is 1.47. The summed E-state index contributed by atoms with van der Waals surface area (Å²) in [5.74, 6) is -1.92. The number of halogens is 1. The Kier molecular flexibility index (Phi) is 3.85. The number of carboxylic acid groups (broad SMARTS) is 1. The second-order valence-corrected chi connectivity index (χ2v) is 3.89. The van der Waals surface area contributed by atoms with Crippen molar-refractivity contribution in [2.75, 3.05) is 0 Å². The van der Waals surface area contributed by atoms with Crippen molar-refractivity contribution >= 4 is 23.3 Å². The zero-order chi connectivity index (χ0) is 13.2. The van der Waals surface area contributed by atoms with Gasteiger partial charge in [0.25, 0.3) is 5.69 Å². The predicted octanol–water partition coefficient (Wildman–Crippen LogP) is 2.99. The Morgan fingerprint density at radius 2 is 2.18 bits per heavy atom. The molecule has 1 aromatic carbocycles. The van der Waals surface area contributed by atoms with Crippen LogP contribution in [0, 0.1) is 10.1 Å². The summed E-state index contributed by atoms with van der Waals surface area (Å²) < 4.78 is 0. The zero-order valence-corrected chi connectivity index (χ0v) is 9.77. The van der Waals surface area contributed by atoms with Crippen molar-refractivity contribution in [2.24, 2.45) is 0 Å². The summed E-state index contributed by atoms with van der Waals surface area (Å²) in [7, 11) is 0. The van der Waals surface area contributed by atoms with Gasteiger partial charge >= 0.3 is 5.97 Å². The van der Waals surface area contributed by atoms with Gasteiger partial charge in [-0.25, -0.2) is 4.79 Å². The van der Waals surface area contributed by atoms with Crippen molar-refractivity contribution in [3.05, 3.63) is 51.1 Å². The number of hydrogen-bond acceptors (Lipinski definition) is 3. The molecule has 0 saturated carbocycles. The molecule has 1 atom stereocenters. The highest BCUT2D eigenvalue weighted by Gasteiger charge is 2.26. The fourth-order valence-corrected chi connectivity index (χ4v) is 1.81. The van der Waals surface area contributed by atoms with Crippen LogP contribution in [-0.2, 0) is 4.79 Å². The predicted molar refractivity (Wildman–Crippen MR) is 63.3 cm³/mol. The van der Waals surface area contributed by atoms with Crippen molar-refractivity contribution in [1.29, 1.82) is 0 Å². The maximum Gasteiger partial charge on any atom is 0.331 e. The number of nitro benzene ring substituents is 1. The summed E-state index contributed by atoms with van der Waals surface area (Å²) in [5, 5.41) is 19.8. The van der Waals surface area contributed by atoms with Crippen LogP contribution in [-0.4, -0.2) is 16.0 Å². The van der Waals surface area contributed by atoms with Crippen molar-refractivity contribution in [2.45, 2.75) is 12.8 Å². The minimum Gasteiger partial charge on any atom is -0.478 e. The molecule has 0 amide bonds. The lowest BCUT2D eigenvalue weighted by atomic mass is 9.92. The maximum absolute atomic E-state index is 10.8. The molecule has 1 rings (SSSR count).